The number of carbonyl (C=O) groups is 1. The number of aliphatic carboxylic acids is 1. The number of ether oxygens (including phenoxy) is 1. The lowest BCUT2D eigenvalue weighted by Gasteiger charge is -2.01. The molecular weight excluding hydrogens is 364 g/mol. The van der Waals surface area contributed by atoms with Crippen LogP contribution < -0.4 is 15.9 Å². The molecule has 0 aliphatic rings. The minimum absolute atomic E-state index is 0.133. The van der Waals surface area contributed by atoms with Crippen molar-refractivity contribution < 1.29 is 14.6 Å². The Bertz CT molecular complexity index is 1060. The van der Waals surface area contributed by atoms with Gasteiger partial charge in [-0.15, -0.1) is 0 Å². The maximum atomic E-state index is 11.5. The predicted octanol–water partition coefficient (Wildman–Crippen LogP) is 1.97. The molecular formula is C19H24N4O5. The smallest absolute Gasteiger partial charge is 0.308 e. The zero-order valence-corrected chi connectivity index (χ0v) is 16.5. The first-order valence-electron chi connectivity index (χ1n) is 8.61. The lowest BCUT2D eigenvalue weighted by molar-refractivity contribution is -0.136. The Morgan fingerprint density at radius 3 is 2.32 bits per heavy atom. The van der Waals surface area contributed by atoms with E-state index in [4.69, 9.17) is 9.84 Å². The van der Waals surface area contributed by atoms with Gasteiger partial charge in [-0.2, -0.15) is 0 Å². The molecule has 0 radical (unpaired) electrons. The van der Waals surface area contributed by atoms with Crippen LogP contribution in [0.2, 0.25) is 0 Å². The van der Waals surface area contributed by atoms with Crippen LogP contribution in [0.3, 0.4) is 0 Å². The number of fused-ring (bicyclic) bond motifs is 1. The number of carboxylic acids is 1. The molecule has 28 heavy (non-hydrogen) atoms. The molecule has 2 aromatic heterocycles. The largest absolute Gasteiger partial charge is 0.497 e. The van der Waals surface area contributed by atoms with Crippen LogP contribution in [0.1, 0.15) is 31.1 Å². The average molecular weight is 388 g/mol. The number of nitrogens with zero attached hydrogens (tertiary/aromatic N) is 2. The SMILES string of the molecule is CC.COc1ccc2nc(C)[nH]c(=O)c2c1.Cc1ncc(CC(=O)O)c(=O)[nH]1. The van der Waals surface area contributed by atoms with E-state index in [0.29, 0.717) is 28.3 Å². The van der Waals surface area contributed by atoms with Crippen LogP contribution in [0.15, 0.2) is 34.0 Å². The number of aromatic amines is 2. The minimum Gasteiger partial charge on any atom is -0.497 e. The van der Waals surface area contributed by atoms with Gasteiger partial charge < -0.3 is 19.8 Å². The van der Waals surface area contributed by atoms with Crippen LogP contribution in [0.4, 0.5) is 0 Å². The first-order chi connectivity index (χ1) is 13.3. The molecule has 9 nitrogen and oxygen atoms in total. The van der Waals surface area contributed by atoms with E-state index in [-0.39, 0.29) is 23.1 Å². The van der Waals surface area contributed by atoms with Crippen molar-refractivity contribution in [3.63, 3.8) is 0 Å². The van der Waals surface area contributed by atoms with Crippen molar-refractivity contribution in [1.29, 1.82) is 0 Å². The zero-order valence-electron chi connectivity index (χ0n) is 16.5. The summed E-state index contributed by atoms with van der Waals surface area (Å²) in [4.78, 5) is 45.8. The fraction of sp³-hybridized carbons (Fsp3) is 0.316. The van der Waals surface area contributed by atoms with Crippen LogP contribution >= 0.6 is 0 Å². The monoisotopic (exact) mass is 388 g/mol. The molecule has 150 valence electrons. The van der Waals surface area contributed by atoms with Gasteiger partial charge >= 0.3 is 5.97 Å². The number of benzene rings is 1. The Morgan fingerprint density at radius 2 is 1.75 bits per heavy atom. The van der Waals surface area contributed by atoms with E-state index < -0.39 is 5.97 Å². The molecule has 0 fully saturated rings. The molecule has 0 unspecified atom stereocenters. The summed E-state index contributed by atoms with van der Waals surface area (Å²) in [6, 6.07) is 5.24. The van der Waals surface area contributed by atoms with E-state index in [1.165, 1.54) is 6.20 Å². The molecule has 3 aromatic rings. The molecule has 0 saturated heterocycles. The number of hydrogen-bond donors (Lipinski definition) is 3. The topological polar surface area (TPSA) is 138 Å². The number of aromatic nitrogens is 4. The molecule has 0 amide bonds. The van der Waals surface area contributed by atoms with Crippen LogP contribution in [0.5, 0.6) is 5.75 Å². The van der Waals surface area contributed by atoms with Crippen LogP contribution in [0, 0.1) is 13.8 Å². The molecule has 0 aliphatic heterocycles. The third kappa shape index (κ3) is 6.35. The normalized spacial score (nSPS) is 9.61. The Hall–Kier alpha value is -3.49. The highest BCUT2D eigenvalue weighted by Gasteiger charge is 2.05. The number of methoxy groups -OCH3 is 1. The van der Waals surface area contributed by atoms with Gasteiger partial charge in [-0.3, -0.25) is 14.4 Å². The highest BCUT2D eigenvalue weighted by atomic mass is 16.5. The number of nitrogens with one attached hydrogen (secondary N) is 2. The Labute approximate surface area is 161 Å². The van der Waals surface area contributed by atoms with Gasteiger partial charge in [0.15, 0.2) is 0 Å². The molecule has 0 aliphatic carbocycles. The van der Waals surface area contributed by atoms with Gasteiger partial charge in [0.1, 0.15) is 17.4 Å². The zero-order chi connectivity index (χ0) is 21.3. The fourth-order valence-electron chi connectivity index (χ4n) is 2.16. The van der Waals surface area contributed by atoms with E-state index in [2.05, 4.69) is 19.9 Å². The fourth-order valence-corrected chi connectivity index (χ4v) is 2.16. The van der Waals surface area contributed by atoms with Gasteiger partial charge in [-0.25, -0.2) is 9.97 Å². The van der Waals surface area contributed by atoms with Crippen LogP contribution in [-0.2, 0) is 11.2 Å². The standard InChI is InChI=1S/C10H10N2O2.C7H8N2O3.C2H6/c1-6-11-9-4-3-7(14-2)5-8(9)10(13)12-6;1-4-8-3-5(2-6(10)11)7(12)9-4;1-2/h3-5H,1-2H3,(H,11,12,13);3H,2H2,1H3,(H,10,11)(H,8,9,12);1-2H3. The number of aryl methyl sites for hydroxylation is 2. The van der Waals surface area contributed by atoms with Crippen LogP contribution in [-0.4, -0.2) is 38.1 Å². The first kappa shape index (κ1) is 22.6. The van der Waals surface area contributed by atoms with E-state index in [1.807, 2.05) is 13.8 Å². The third-order valence-corrected chi connectivity index (χ3v) is 3.37. The van der Waals surface area contributed by atoms with Crippen molar-refractivity contribution in [3.8, 4) is 5.75 Å². The van der Waals surface area contributed by atoms with Gasteiger partial charge in [-0.05, 0) is 32.0 Å². The van der Waals surface area contributed by atoms with Gasteiger partial charge in [0.05, 0.1) is 24.4 Å². The van der Waals surface area contributed by atoms with Gasteiger partial charge in [0.25, 0.3) is 11.1 Å². The van der Waals surface area contributed by atoms with Gasteiger partial charge in [0.2, 0.25) is 0 Å². The van der Waals surface area contributed by atoms with Crippen LogP contribution in [0.25, 0.3) is 10.9 Å². The molecule has 3 rings (SSSR count). The number of rotatable bonds is 3. The summed E-state index contributed by atoms with van der Waals surface area (Å²) in [6.07, 6.45) is 0.991. The van der Waals surface area contributed by atoms with Gasteiger partial charge in [0, 0.05) is 11.8 Å². The summed E-state index contributed by atoms with van der Waals surface area (Å²) in [5.41, 5.74) is 0.344. The summed E-state index contributed by atoms with van der Waals surface area (Å²) in [7, 11) is 1.57. The summed E-state index contributed by atoms with van der Waals surface area (Å²) in [6.45, 7) is 7.39. The lowest BCUT2D eigenvalue weighted by Crippen LogP contribution is -2.17. The third-order valence-electron chi connectivity index (χ3n) is 3.37. The molecule has 0 spiro atoms. The Kier molecular flexibility index (Phi) is 8.54. The predicted molar refractivity (Wildman–Crippen MR) is 106 cm³/mol. The number of H-pyrrole nitrogens is 2. The highest BCUT2D eigenvalue weighted by Crippen LogP contribution is 2.15. The molecule has 9 heteroatoms. The number of hydrogen-bond acceptors (Lipinski definition) is 6. The highest BCUT2D eigenvalue weighted by molar-refractivity contribution is 5.79. The molecule has 0 atom stereocenters. The van der Waals surface area contributed by atoms with Crippen molar-refractivity contribution in [2.45, 2.75) is 34.1 Å². The summed E-state index contributed by atoms with van der Waals surface area (Å²) >= 11 is 0. The number of carboxylic acid groups (broad SMARTS) is 1. The molecule has 2 heterocycles. The van der Waals surface area contributed by atoms with E-state index in [0.717, 1.165) is 0 Å². The lowest BCUT2D eigenvalue weighted by atomic mass is 10.2. The van der Waals surface area contributed by atoms with Crippen molar-refractivity contribution in [2.75, 3.05) is 7.11 Å². The maximum Gasteiger partial charge on any atom is 0.308 e. The Morgan fingerprint density at radius 1 is 1.11 bits per heavy atom. The van der Waals surface area contributed by atoms with E-state index in [9.17, 15) is 14.4 Å². The van der Waals surface area contributed by atoms with Crippen molar-refractivity contribution in [2.24, 2.45) is 0 Å². The summed E-state index contributed by atoms with van der Waals surface area (Å²) in [5, 5.41) is 8.93. The van der Waals surface area contributed by atoms with Crippen molar-refractivity contribution in [1.82, 2.24) is 19.9 Å². The summed E-state index contributed by atoms with van der Waals surface area (Å²) < 4.78 is 5.03. The van der Waals surface area contributed by atoms with E-state index in [1.54, 1.807) is 39.2 Å². The van der Waals surface area contributed by atoms with Crippen molar-refractivity contribution in [3.05, 3.63) is 62.3 Å². The first-order valence-corrected chi connectivity index (χ1v) is 8.61. The molecule has 0 bridgehead atoms. The second kappa shape index (κ2) is 10.6. The van der Waals surface area contributed by atoms with Gasteiger partial charge in [-0.1, -0.05) is 13.8 Å². The quantitative estimate of drug-likeness (QED) is 0.623. The second-order valence-electron chi connectivity index (χ2n) is 5.43. The minimum atomic E-state index is -1.04. The molecule has 3 N–H and O–H groups in total. The maximum absolute atomic E-state index is 11.5. The second-order valence-corrected chi connectivity index (χ2v) is 5.43. The molecule has 0 saturated carbocycles. The van der Waals surface area contributed by atoms with Crippen molar-refractivity contribution >= 4 is 16.9 Å². The summed E-state index contributed by atoms with van der Waals surface area (Å²) in [5.74, 6) is 0.724. The molecule has 1 aromatic carbocycles. The Balaban J connectivity index is 0.000000260. The van der Waals surface area contributed by atoms with E-state index >= 15 is 0 Å². The average Bonchev–Trinajstić information content (AvgIpc) is 2.65.